The van der Waals surface area contributed by atoms with Crippen molar-refractivity contribution in [3.8, 4) is 0 Å². The minimum atomic E-state index is -0.959. The zero-order valence-corrected chi connectivity index (χ0v) is 13.3. The van der Waals surface area contributed by atoms with Gasteiger partial charge in [0.1, 0.15) is 6.04 Å². The topological polar surface area (TPSA) is 78.9 Å². The van der Waals surface area contributed by atoms with Crippen molar-refractivity contribution in [2.45, 2.75) is 18.4 Å². The van der Waals surface area contributed by atoms with E-state index in [2.05, 4.69) is 17.5 Å². The molecule has 1 aromatic rings. The van der Waals surface area contributed by atoms with Gasteiger partial charge in [0, 0.05) is 30.6 Å². The Balaban J connectivity index is 1.66. The highest BCUT2D eigenvalue weighted by Crippen LogP contribution is 2.45. The lowest BCUT2D eigenvalue weighted by Crippen LogP contribution is -2.52. The molecule has 1 aliphatic carbocycles. The minimum Gasteiger partial charge on any atom is -0.478 e. The van der Waals surface area contributed by atoms with Gasteiger partial charge in [-0.15, -0.1) is 0 Å². The Kier molecular flexibility index (Phi) is 3.76. The molecular weight excluding hydrogens is 308 g/mol. The summed E-state index contributed by atoms with van der Waals surface area (Å²) in [7, 11) is 0. The number of carbonyl (C=O) groups is 2. The van der Waals surface area contributed by atoms with E-state index >= 15 is 0 Å². The molecule has 0 spiro atoms. The molecule has 1 aromatic carbocycles. The number of amides is 1. The molecule has 2 aliphatic heterocycles. The lowest BCUT2D eigenvalue weighted by molar-refractivity contribution is -0.137. The van der Waals surface area contributed by atoms with E-state index in [1.807, 2.05) is 11.0 Å². The molecule has 24 heavy (non-hydrogen) atoms. The molecule has 126 valence electrons. The van der Waals surface area contributed by atoms with Crippen molar-refractivity contribution in [1.82, 2.24) is 4.90 Å². The van der Waals surface area contributed by atoms with E-state index in [4.69, 9.17) is 4.74 Å². The summed E-state index contributed by atoms with van der Waals surface area (Å²) in [5.74, 6) is -0.522. The van der Waals surface area contributed by atoms with Crippen LogP contribution in [0.5, 0.6) is 0 Å². The molecule has 0 aromatic heterocycles. The van der Waals surface area contributed by atoms with Crippen LogP contribution in [0.4, 0.5) is 5.69 Å². The van der Waals surface area contributed by atoms with Crippen LogP contribution in [0.15, 0.2) is 30.4 Å². The van der Waals surface area contributed by atoms with Gasteiger partial charge in [-0.25, -0.2) is 4.79 Å². The average molecular weight is 328 g/mol. The van der Waals surface area contributed by atoms with Crippen molar-refractivity contribution >= 4 is 17.6 Å². The Morgan fingerprint density at radius 1 is 1.25 bits per heavy atom. The second kappa shape index (κ2) is 5.94. The molecule has 0 bridgehead atoms. The number of ether oxygens (including phenoxy) is 1. The molecule has 3 unspecified atom stereocenters. The second-order valence-electron chi connectivity index (χ2n) is 6.52. The number of benzene rings is 1. The molecule has 1 amide bonds. The van der Waals surface area contributed by atoms with Crippen molar-refractivity contribution < 1.29 is 19.4 Å². The number of morpholine rings is 1. The maximum Gasteiger partial charge on any atom is 0.335 e. The van der Waals surface area contributed by atoms with Gasteiger partial charge >= 0.3 is 5.97 Å². The number of carboxylic acid groups (broad SMARTS) is 1. The Morgan fingerprint density at radius 3 is 2.79 bits per heavy atom. The smallest absolute Gasteiger partial charge is 0.335 e. The zero-order chi connectivity index (χ0) is 16.7. The molecule has 4 rings (SSSR count). The SMILES string of the molecule is O=C(O)c1ccc2c(c1)NC(C(=O)N1CCOCC1)C1CC=CC21. The zero-order valence-electron chi connectivity index (χ0n) is 13.3. The summed E-state index contributed by atoms with van der Waals surface area (Å²) in [4.78, 5) is 26.1. The number of rotatable bonds is 2. The third-order valence-corrected chi connectivity index (χ3v) is 5.20. The van der Waals surface area contributed by atoms with E-state index in [0.717, 1.165) is 17.7 Å². The van der Waals surface area contributed by atoms with E-state index < -0.39 is 5.97 Å². The Hall–Kier alpha value is -2.34. The van der Waals surface area contributed by atoms with Gasteiger partial charge in [0.2, 0.25) is 5.91 Å². The summed E-state index contributed by atoms with van der Waals surface area (Å²) in [6.45, 7) is 2.38. The Labute approximate surface area is 140 Å². The lowest BCUT2D eigenvalue weighted by Gasteiger charge is -2.39. The van der Waals surface area contributed by atoms with Gasteiger partial charge in [-0.1, -0.05) is 18.2 Å². The number of fused-ring (bicyclic) bond motifs is 3. The molecule has 3 aliphatic rings. The molecular formula is C18H20N2O4. The van der Waals surface area contributed by atoms with Crippen LogP contribution in [-0.2, 0) is 9.53 Å². The maximum absolute atomic E-state index is 13.0. The summed E-state index contributed by atoms with van der Waals surface area (Å²) in [6, 6.07) is 4.82. The van der Waals surface area contributed by atoms with Gasteiger partial charge in [-0.2, -0.15) is 0 Å². The minimum absolute atomic E-state index is 0.0865. The van der Waals surface area contributed by atoms with Gasteiger partial charge in [0.15, 0.2) is 0 Å². The number of hydrogen-bond acceptors (Lipinski definition) is 4. The van der Waals surface area contributed by atoms with Crippen LogP contribution >= 0.6 is 0 Å². The predicted octanol–water partition coefficient (Wildman–Crippen LogP) is 1.70. The van der Waals surface area contributed by atoms with Crippen molar-refractivity contribution in [2.75, 3.05) is 31.6 Å². The second-order valence-corrected chi connectivity index (χ2v) is 6.52. The first-order valence-electron chi connectivity index (χ1n) is 8.32. The number of aromatic carboxylic acids is 1. The molecule has 6 nitrogen and oxygen atoms in total. The molecule has 6 heteroatoms. The number of anilines is 1. The van der Waals surface area contributed by atoms with Crippen molar-refractivity contribution in [2.24, 2.45) is 5.92 Å². The van der Waals surface area contributed by atoms with Crippen LogP contribution in [0.3, 0.4) is 0 Å². The predicted molar refractivity (Wildman–Crippen MR) is 88.2 cm³/mol. The fraction of sp³-hybridized carbons (Fsp3) is 0.444. The lowest BCUT2D eigenvalue weighted by atomic mass is 9.78. The fourth-order valence-corrected chi connectivity index (χ4v) is 3.95. The molecule has 2 heterocycles. The van der Waals surface area contributed by atoms with Gasteiger partial charge in [0.05, 0.1) is 18.8 Å². The van der Waals surface area contributed by atoms with E-state index in [1.165, 1.54) is 0 Å². The van der Waals surface area contributed by atoms with Crippen LogP contribution < -0.4 is 5.32 Å². The molecule has 0 radical (unpaired) electrons. The van der Waals surface area contributed by atoms with Crippen LogP contribution in [0, 0.1) is 5.92 Å². The summed E-state index contributed by atoms with van der Waals surface area (Å²) >= 11 is 0. The fourth-order valence-electron chi connectivity index (χ4n) is 3.95. The highest BCUT2D eigenvalue weighted by Gasteiger charge is 2.42. The van der Waals surface area contributed by atoms with Crippen LogP contribution in [-0.4, -0.2) is 54.2 Å². The molecule has 2 N–H and O–H groups in total. The first kappa shape index (κ1) is 15.2. The quantitative estimate of drug-likeness (QED) is 0.808. The number of allylic oxidation sites excluding steroid dienone is 2. The number of hydrogen-bond donors (Lipinski definition) is 2. The third kappa shape index (κ3) is 2.47. The molecule has 3 atom stereocenters. The maximum atomic E-state index is 13.0. The first-order chi connectivity index (χ1) is 11.6. The van der Waals surface area contributed by atoms with Crippen LogP contribution in [0.1, 0.15) is 28.3 Å². The molecule has 0 saturated carbocycles. The van der Waals surface area contributed by atoms with E-state index in [1.54, 1.807) is 12.1 Å². The molecule has 1 saturated heterocycles. The van der Waals surface area contributed by atoms with Crippen molar-refractivity contribution in [1.29, 1.82) is 0 Å². The average Bonchev–Trinajstić information content (AvgIpc) is 3.10. The standard InChI is InChI=1S/C18H20N2O4/c21-17(20-6-8-24-9-7-20)16-14-3-1-2-12(14)13-5-4-11(18(22)23)10-15(13)19-16/h1-2,4-5,10,12,14,16,19H,3,6-9H2,(H,22,23). The van der Waals surface area contributed by atoms with Gasteiger partial charge in [-0.05, 0) is 24.1 Å². The van der Waals surface area contributed by atoms with Crippen LogP contribution in [0.25, 0.3) is 0 Å². The van der Waals surface area contributed by atoms with Gasteiger partial charge in [0.25, 0.3) is 0 Å². The summed E-state index contributed by atoms with van der Waals surface area (Å²) < 4.78 is 5.33. The highest BCUT2D eigenvalue weighted by atomic mass is 16.5. The van der Waals surface area contributed by atoms with Crippen molar-refractivity contribution in [3.05, 3.63) is 41.5 Å². The van der Waals surface area contributed by atoms with Gasteiger partial charge < -0.3 is 20.1 Å². The normalized spacial score (nSPS) is 28.0. The number of nitrogens with one attached hydrogen (secondary N) is 1. The number of carbonyl (C=O) groups excluding carboxylic acids is 1. The molecule has 1 fully saturated rings. The Morgan fingerprint density at radius 2 is 2.04 bits per heavy atom. The van der Waals surface area contributed by atoms with E-state index in [9.17, 15) is 14.7 Å². The highest BCUT2D eigenvalue weighted by molar-refractivity contribution is 5.91. The van der Waals surface area contributed by atoms with Gasteiger partial charge in [-0.3, -0.25) is 4.79 Å². The Bertz CT molecular complexity index is 709. The third-order valence-electron chi connectivity index (χ3n) is 5.20. The number of carboxylic acids is 1. The summed E-state index contributed by atoms with van der Waals surface area (Å²) in [6.07, 6.45) is 5.12. The van der Waals surface area contributed by atoms with E-state index in [-0.39, 0.29) is 29.3 Å². The number of nitrogens with zero attached hydrogens (tertiary/aromatic N) is 1. The van der Waals surface area contributed by atoms with Crippen molar-refractivity contribution in [3.63, 3.8) is 0 Å². The van der Waals surface area contributed by atoms with E-state index in [0.29, 0.717) is 26.3 Å². The monoisotopic (exact) mass is 328 g/mol. The summed E-state index contributed by atoms with van der Waals surface area (Å²) in [5.41, 5.74) is 2.07. The van der Waals surface area contributed by atoms with Crippen LogP contribution in [0.2, 0.25) is 0 Å². The first-order valence-corrected chi connectivity index (χ1v) is 8.32. The summed E-state index contributed by atoms with van der Waals surface area (Å²) in [5, 5.41) is 12.5. The largest absolute Gasteiger partial charge is 0.478 e.